The van der Waals surface area contributed by atoms with Crippen molar-refractivity contribution in [2.45, 2.75) is 19.2 Å². The van der Waals surface area contributed by atoms with E-state index in [9.17, 15) is 13.2 Å². The standard InChI is InChI=1S/C17H18ClNO3S/c1-13-9-16(18)8-7-15(13)11-23(21,22)12-17(20)19-10-14-5-3-2-4-6-14/h2-9H,10-12H2,1H3,(H,19,20). The Balaban J connectivity index is 1.93. The zero-order valence-electron chi connectivity index (χ0n) is 12.8. The van der Waals surface area contributed by atoms with Gasteiger partial charge in [0.15, 0.2) is 9.84 Å². The molecule has 4 nitrogen and oxygen atoms in total. The number of nitrogens with one attached hydrogen (secondary N) is 1. The van der Waals surface area contributed by atoms with Crippen LogP contribution in [-0.2, 0) is 26.9 Å². The SMILES string of the molecule is Cc1cc(Cl)ccc1CS(=O)(=O)CC(=O)NCc1ccccc1. The third-order valence-electron chi connectivity index (χ3n) is 3.36. The number of hydrogen-bond acceptors (Lipinski definition) is 3. The van der Waals surface area contributed by atoms with Gasteiger partial charge in [0.05, 0.1) is 5.75 Å². The van der Waals surface area contributed by atoms with Gasteiger partial charge in [-0.05, 0) is 35.7 Å². The summed E-state index contributed by atoms with van der Waals surface area (Å²) in [5, 5.41) is 3.18. The summed E-state index contributed by atoms with van der Waals surface area (Å²) in [6.07, 6.45) is 0. The number of carbonyl (C=O) groups is 1. The van der Waals surface area contributed by atoms with Gasteiger partial charge in [-0.15, -0.1) is 0 Å². The molecule has 0 radical (unpaired) electrons. The van der Waals surface area contributed by atoms with Crippen LogP contribution in [0.2, 0.25) is 5.02 Å². The molecule has 2 aromatic carbocycles. The molecule has 2 rings (SSSR count). The van der Waals surface area contributed by atoms with Gasteiger partial charge in [-0.3, -0.25) is 4.79 Å². The quantitative estimate of drug-likeness (QED) is 0.870. The Morgan fingerprint density at radius 1 is 1.13 bits per heavy atom. The minimum absolute atomic E-state index is 0.172. The Labute approximate surface area is 141 Å². The predicted octanol–water partition coefficient (Wildman–Crippen LogP) is 2.88. The molecule has 0 saturated carbocycles. The summed E-state index contributed by atoms with van der Waals surface area (Å²) in [6, 6.07) is 14.4. The summed E-state index contributed by atoms with van der Waals surface area (Å²) in [6.45, 7) is 2.11. The van der Waals surface area contributed by atoms with Gasteiger partial charge in [0, 0.05) is 11.6 Å². The van der Waals surface area contributed by atoms with Crippen LogP contribution in [0.25, 0.3) is 0 Å². The van der Waals surface area contributed by atoms with Crippen LogP contribution < -0.4 is 5.32 Å². The molecule has 2 aromatic rings. The molecule has 23 heavy (non-hydrogen) atoms. The van der Waals surface area contributed by atoms with Crippen molar-refractivity contribution in [3.05, 3.63) is 70.2 Å². The minimum atomic E-state index is -3.53. The van der Waals surface area contributed by atoms with Gasteiger partial charge in [0.2, 0.25) is 5.91 Å². The van der Waals surface area contributed by atoms with Gasteiger partial charge < -0.3 is 5.32 Å². The molecule has 6 heteroatoms. The van der Waals surface area contributed by atoms with Crippen LogP contribution >= 0.6 is 11.6 Å². The second-order valence-corrected chi connectivity index (χ2v) is 7.87. The molecule has 1 amide bonds. The van der Waals surface area contributed by atoms with Crippen molar-refractivity contribution in [2.75, 3.05) is 5.75 Å². The van der Waals surface area contributed by atoms with Crippen LogP contribution in [0, 0.1) is 6.92 Å². The average molecular weight is 352 g/mol. The highest BCUT2D eigenvalue weighted by atomic mass is 35.5. The summed E-state index contributed by atoms with van der Waals surface area (Å²) in [5.41, 5.74) is 2.38. The first kappa shape index (κ1) is 17.5. The predicted molar refractivity (Wildman–Crippen MR) is 92.0 cm³/mol. The number of benzene rings is 2. The topological polar surface area (TPSA) is 63.2 Å². The van der Waals surface area contributed by atoms with E-state index in [1.807, 2.05) is 30.3 Å². The molecular formula is C17H18ClNO3S. The molecule has 0 aliphatic rings. The molecule has 122 valence electrons. The fraction of sp³-hybridized carbons (Fsp3) is 0.235. The number of carbonyl (C=O) groups excluding carboxylic acids is 1. The number of sulfone groups is 1. The van der Waals surface area contributed by atoms with Crippen molar-refractivity contribution in [1.29, 1.82) is 0 Å². The van der Waals surface area contributed by atoms with E-state index in [0.717, 1.165) is 11.1 Å². The van der Waals surface area contributed by atoms with Crippen molar-refractivity contribution < 1.29 is 13.2 Å². The number of aryl methyl sites for hydroxylation is 1. The molecule has 0 fully saturated rings. The summed E-state index contributed by atoms with van der Waals surface area (Å²) >= 11 is 5.86. The molecule has 0 unspecified atom stereocenters. The van der Waals surface area contributed by atoms with E-state index in [2.05, 4.69) is 5.32 Å². The Bertz CT molecular complexity index is 789. The molecule has 0 bridgehead atoms. The molecule has 0 aliphatic heterocycles. The summed E-state index contributed by atoms with van der Waals surface area (Å²) in [4.78, 5) is 11.8. The summed E-state index contributed by atoms with van der Waals surface area (Å²) < 4.78 is 24.3. The van der Waals surface area contributed by atoms with Crippen molar-refractivity contribution in [1.82, 2.24) is 5.32 Å². The average Bonchev–Trinajstić information content (AvgIpc) is 2.49. The first-order valence-electron chi connectivity index (χ1n) is 7.12. The first-order valence-corrected chi connectivity index (χ1v) is 9.32. The lowest BCUT2D eigenvalue weighted by Crippen LogP contribution is -2.30. The first-order chi connectivity index (χ1) is 10.9. The lowest BCUT2D eigenvalue weighted by molar-refractivity contribution is -0.118. The highest BCUT2D eigenvalue weighted by molar-refractivity contribution is 7.91. The van der Waals surface area contributed by atoms with Crippen LogP contribution in [0.1, 0.15) is 16.7 Å². The van der Waals surface area contributed by atoms with Gasteiger partial charge in [-0.1, -0.05) is 48.0 Å². The van der Waals surface area contributed by atoms with Crippen LogP contribution in [0.15, 0.2) is 48.5 Å². The van der Waals surface area contributed by atoms with E-state index in [1.165, 1.54) is 0 Å². The maximum atomic E-state index is 12.2. The highest BCUT2D eigenvalue weighted by Crippen LogP contribution is 2.17. The van der Waals surface area contributed by atoms with Gasteiger partial charge in [0.1, 0.15) is 5.75 Å². The largest absolute Gasteiger partial charge is 0.351 e. The Morgan fingerprint density at radius 3 is 2.48 bits per heavy atom. The molecule has 0 atom stereocenters. The van der Waals surface area contributed by atoms with E-state index in [0.29, 0.717) is 17.1 Å². The van der Waals surface area contributed by atoms with E-state index >= 15 is 0 Å². The van der Waals surface area contributed by atoms with Gasteiger partial charge in [-0.2, -0.15) is 0 Å². The Morgan fingerprint density at radius 2 is 1.83 bits per heavy atom. The molecule has 0 spiro atoms. The number of amides is 1. The fourth-order valence-corrected chi connectivity index (χ4v) is 3.78. The van der Waals surface area contributed by atoms with E-state index < -0.39 is 21.5 Å². The van der Waals surface area contributed by atoms with E-state index in [-0.39, 0.29) is 5.75 Å². The maximum absolute atomic E-state index is 12.2. The number of halogens is 1. The van der Waals surface area contributed by atoms with Gasteiger partial charge in [0.25, 0.3) is 0 Å². The zero-order chi connectivity index (χ0) is 16.9. The summed E-state index contributed by atoms with van der Waals surface area (Å²) in [7, 11) is -3.53. The zero-order valence-corrected chi connectivity index (χ0v) is 14.3. The molecule has 1 N–H and O–H groups in total. The smallest absolute Gasteiger partial charge is 0.235 e. The Kier molecular flexibility index (Phi) is 5.80. The molecule has 0 saturated heterocycles. The maximum Gasteiger partial charge on any atom is 0.235 e. The van der Waals surface area contributed by atoms with Crippen LogP contribution in [-0.4, -0.2) is 20.1 Å². The third-order valence-corrected chi connectivity index (χ3v) is 5.05. The van der Waals surface area contributed by atoms with Crippen molar-refractivity contribution in [2.24, 2.45) is 0 Å². The van der Waals surface area contributed by atoms with Crippen molar-refractivity contribution >= 4 is 27.3 Å². The molecule has 0 aliphatic carbocycles. The molecule has 0 aromatic heterocycles. The van der Waals surface area contributed by atoms with Gasteiger partial charge in [-0.25, -0.2) is 8.42 Å². The Hall–Kier alpha value is -1.85. The number of rotatable bonds is 6. The van der Waals surface area contributed by atoms with Crippen LogP contribution in [0.4, 0.5) is 0 Å². The van der Waals surface area contributed by atoms with E-state index in [4.69, 9.17) is 11.6 Å². The normalized spacial score (nSPS) is 11.2. The second-order valence-electron chi connectivity index (χ2n) is 5.37. The lowest BCUT2D eigenvalue weighted by atomic mass is 10.1. The second kappa shape index (κ2) is 7.62. The van der Waals surface area contributed by atoms with Gasteiger partial charge >= 0.3 is 0 Å². The minimum Gasteiger partial charge on any atom is -0.351 e. The van der Waals surface area contributed by atoms with Crippen LogP contribution in [0.5, 0.6) is 0 Å². The molecular weight excluding hydrogens is 334 g/mol. The third kappa shape index (κ3) is 5.69. The highest BCUT2D eigenvalue weighted by Gasteiger charge is 2.18. The lowest BCUT2D eigenvalue weighted by Gasteiger charge is -2.09. The monoisotopic (exact) mass is 351 g/mol. The van der Waals surface area contributed by atoms with Crippen LogP contribution in [0.3, 0.4) is 0 Å². The fourth-order valence-electron chi connectivity index (χ4n) is 2.16. The number of hydrogen-bond donors (Lipinski definition) is 1. The molecule has 0 heterocycles. The van der Waals surface area contributed by atoms with E-state index in [1.54, 1.807) is 25.1 Å². The van der Waals surface area contributed by atoms with Crippen molar-refractivity contribution in [3.8, 4) is 0 Å². The summed E-state index contributed by atoms with van der Waals surface area (Å²) in [5.74, 6) is -1.20. The van der Waals surface area contributed by atoms with Crippen molar-refractivity contribution in [3.63, 3.8) is 0 Å².